The second kappa shape index (κ2) is 8.22. The fourth-order valence-corrected chi connectivity index (χ4v) is 3.95. The molecule has 2 amide bonds. The van der Waals surface area contributed by atoms with Crippen LogP contribution in [0.2, 0.25) is 0 Å². The van der Waals surface area contributed by atoms with Crippen molar-refractivity contribution >= 4 is 23.2 Å². The number of carbonyl (C=O) groups excluding carboxylic acids is 2. The maximum atomic E-state index is 12.9. The van der Waals surface area contributed by atoms with Gasteiger partial charge in [0, 0.05) is 44.6 Å². The summed E-state index contributed by atoms with van der Waals surface area (Å²) in [7, 11) is 3.94. The van der Waals surface area contributed by atoms with E-state index in [-0.39, 0.29) is 11.8 Å². The number of aromatic nitrogens is 1. The highest BCUT2D eigenvalue weighted by atomic mass is 32.1. The largest absolute Gasteiger partial charge is 0.378 e. The minimum absolute atomic E-state index is 0.00686. The molecule has 1 aromatic rings. The van der Waals surface area contributed by atoms with Crippen LogP contribution in [0, 0.1) is 0 Å². The molecule has 1 atom stereocenters. The number of hydrogen-bond donors (Lipinski definition) is 1. The Morgan fingerprint density at radius 3 is 2.84 bits per heavy atom. The van der Waals surface area contributed by atoms with Crippen LogP contribution >= 0.6 is 11.3 Å². The van der Waals surface area contributed by atoms with Gasteiger partial charge in [0.2, 0.25) is 5.91 Å². The van der Waals surface area contributed by atoms with Crippen molar-refractivity contribution in [2.75, 3.05) is 60.0 Å². The van der Waals surface area contributed by atoms with E-state index in [4.69, 9.17) is 4.74 Å². The van der Waals surface area contributed by atoms with E-state index in [1.165, 1.54) is 11.3 Å². The lowest BCUT2D eigenvalue weighted by Gasteiger charge is -2.38. The van der Waals surface area contributed by atoms with Gasteiger partial charge in [-0.15, -0.1) is 11.3 Å². The monoisotopic (exact) mass is 367 g/mol. The third-order valence-electron chi connectivity index (χ3n) is 4.33. The number of thiazole rings is 1. The number of piperazine rings is 1. The van der Waals surface area contributed by atoms with E-state index in [1.807, 2.05) is 19.0 Å². The fourth-order valence-electron chi connectivity index (χ4n) is 3.06. The van der Waals surface area contributed by atoms with Crippen LogP contribution in [-0.2, 0) is 16.1 Å². The van der Waals surface area contributed by atoms with Gasteiger partial charge in [-0.2, -0.15) is 0 Å². The van der Waals surface area contributed by atoms with E-state index in [1.54, 1.807) is 15.2 Å². The van der Waals surface area contributed by atoms with Crippen LogP contribution in [0.15, 0.2) is 5.38 Å². The third kappa shape index (κ3) is 4.35. The maximum Gasteiger partial charge on any atom is 0.274 e. The Hall–Kier alpha value is -1.55. The van der Waals surface area contributed by atoms with Crippen molar-refractivity contribution in [1.82, 2.24) is 25.0 Å². The average Bonchev–Trinajstić information content (AvgIpc) is 3.09. The van der Waals surface area contributed by atoms with Crippen LogP contribution in [0.5, 0.6) is 0 Å². The summed E-state index contributed by atoms with van der Waals surface area (Å²) < 4.78 is 5.31. The van der Waals surface area contributed by atoms with Gasteiger partial charge in [0.25, 0.3) is 5.91 Å². The summed E-state index contributed by atoms with van der Waals surface area (Å²) >= 11 is 1.48. The first-order valence-electron chi connectivity index (χ1n) is 8.53. The summed E-state index contributed by atoms with van der Waals surface area (Å²) in [5.74, 6) is -0.165. The Labute approximate surface area is 151 Å². The molecule has 3 rings (SSSR count). The highest BCUT2D eigenvalue weighted by Gasteiger charge is 2.36. The lowest BCUT2D eigenvalue weighted by molar-refractivity contribution is -0.140. The Morgan fingerprint density at radius 2 is 2.12 bits per heavy atom. The zero-order valence-corrected chi connectivity index (χ0v) is 15.5. The second-order valence-corrected chi connectivity index (χ2v) is 7.46. The molecule has 0 saturated carbocycles. The molecule has 0 radical (unpaired) electrons. The summed E-state index contributed by atoms with van der Waals surface area (Å²) in [6.07, 6.45) is 0. The number of amides is 2. The molecule has 1 aromatic heterocycles. The lowest BCUT2D eigenvalue weighted by atomic mass is 10.1. The van der Waals surface area contributed by atoms with Crippen molar-refractivity contribution in [1.29, 1.82) is 0 Å². The summed E-state index contributed by atoms with van der Waals surface area (Å²) in [5.41, 5.74) is 0.434. The quantitative estimate of drug-likeness (QED) is 0.772. The van der Waals surface area contributed by atoms with E-state index in [0.29, 0.717) is 58.2 Å². The molecule has 2 saturated heterocycles. The number of nitrogens with one attached hydrogen (secondary N) is 1. The Bertz CT molecular complexity index is 615. The standard InChI is InChI=1S/C16H25N5O3S/c1-19(2)10-14-18-12(11-25-14)15(22)21-4-3-17-9-13(21)16(23)20-5-7-24-8-6-20/h11,13,17H,3-10H2,1-2H3/t13-/m0/s1. The van der Waals surface area contributed by atoms with Crippen molar-refractivity contribution in [2.24, 2.45) is 0 Å². The number of morpholine rings is 1. The molecule has 0 unspecified atom stereocenters. The Morgan fingerprint density at radius 1 is 1.36 bits per heavy atom. The predicted molar refractivity (Wildman–Crippen MR) is 94.6 cm³/mol. The van der Waals surface area contributed by atoms with Crippen LogP contribution in [0.3, 0.4) is 0 Å². The number of carbonyl (C=O) groups is 2. The third-order valence-corrected chi connectivity index (χ3v) is 5.17. The summed E-state index contributed by atoms with van der Waals surface area (Å²) in [6, 6.07) is -0.474. The minimum Gasteiger partial charge on any atom is -0.378 e. The molecule has 8 nitrogen and oxygen atoms in total. The first-order valence-corrected chi connectivity index (χ1v) is 9.41. The molecule has 0 aromatic carbocycles. The molecule has 0 aliphatic carbocycles. The number of hydrogen-bond acceptors (Lipinski definition) is 7. The summed E-state index contributed by atoms with van der Waals surface area (Å²) in [6.45, 7) is 4.67. The van der Waals surface area contributed by atoms with E-state index in [2.05, 4.69) is 10.3 Å². The number of rotatable bonds is 4. The minimum atomic E-state index is -0.474. The number of nitrogens with zero attached hydrogens (tertiary/aromatic N) is 4. The fraction of sp³-hybridized carbons (Fsp3) is 0.688. The normalized spacial score (nSPS) is 21.6. The summed E-state index contributed by atoms with van der Waals surface area (Å²) in [4.78, 5) is 35.7. The van der Waals surface area contributed by atoms with Crippen LogP contribution in [0.25, 0.3) is 0 Å². The number of ether oxygens (including phenoxy) is 1. The average molecular weight is 367 g/mol. The predicted octanol–water partition coefficient (Wildman–Crippen LogP) is -0.522. The van der Waals surface area contributed by atoms with Crippen molar-refractivity contribution in [3.8, 4) is 0 Å². The topological polar surface area (TPSA) is 78.0 Å². The molecule has 138 valence electrons. The first kappa shape index (κ1) is 18.2. The Kier molecular flexibility index (Phi) is 6.00. The van der Waals surface area contributed by atoms with E-state index in [0.717, 1.165) is 5.01 Å². The van der Waals surface area contributed by atoms with Gasteiger partial charge in [-0.25, -0.2) is 4.98 Å². The molecular weight excluding hydrogens is 342 g/mol. The molecular formula is C16H25N5O3S. The van der Waals surface area contributed by atoms with Gasteiger partial charge in [0.15, 0.2) is 0 Å². The van der Waals surface area contributed by atoms with Gasteiger partial charge in [0.1, 0.15) is 16.7 Å². The van der Waals surface area contributed by atoms with Crippen LogP contribution < -0.4 is 5.32 Å². The smallest absolute Gasteiger partial charge is 0.274 e. The van der Waals surface area contributed by atoms with Gasteiger partial charge < -0.3 is 24.8 Å². The van der Waals surface area contributed by atoms with Gasteiger partial charge in [-0.1, -0.05) is 0 Å². The van der Waals surface area contributed by atoms with Gasteiger partial charge in [0.05, 0.1) is 13.2 Å². The van der Waals surface area contributed by atoms with Crippen molar-refractivity contribution in [2.45, 2.75) is 12.6 Å². The van der Waals surface area contributed by atoms with Crippen molar-refractivity contribution in [3.05, 3.63) is 16.1 Å². The molecule has 1 N–H and O–H groups in total. The zero-order chi connectivity index (χ0) is 17.8. The molecule has 9 heteroatoms. The van der Waals surface area contributed by atoms with E-state index >= 15 is 0 Å². The maximum absolute atomic E-state index is 12.9. The lowest BCUT2D eigenvalue weighted by Crippen LogP contribution is -2.61. The zero-order valence-electron chi connectivity index (χ0n) is 14.7. The van der Waals surface area contributed by atoms with Gasteiger partial charge >= 0.3 is 0 Å². The van der Waals surface area contributed by atoms with Crippen LogP contribution in [-0.4, -0.2) is 97.6 Å². The van der Waals surface area contributed by atoms with Crippen LogP contribution in [0.4, 0.5) is 0 Å². The van der Waals surface area contributed by atoms with Gasteiger partial charge in [-0.05, 0) is 14.1 Å². The molecule has 25 heavy (non-hydrogen) atoms. The molecule has 2 aliphatic heterocycles. The molecule has 3 heterocycles. The molecule has 2 fully saturated rings. The highest BCUT2D eigenvalue weighted by Crippen LogP contribution is 2.17. The van der Waals surface area contributed by atoms with Crippen LogP contribution in [0.1, 0.15) is 15.5 Å². The summed E-state index contributed by atoms with van der Waals surface area (Å²) in [5, 5.41) is 5.92. The molecule has 0 bridgehead atoms. The van der Waals surface area contributed by atoms with Crippen molar-refractivity contribution in [3.63, 3.8) is 0 Å². The van der Waals surface area contributed by atoms with E-state index < -0.39 is 6.04 Å². The highest BCUT2D eigenvalue weighted by molar-refractivity contribution is 7.09. The molecule has 0 spiro atoms. The van der Waals surface area contributed by atoms with E-state index in [9.17, 15) is 9.59 Å². The first-order chi connectivity index (χ1) is 12.1. The van der Waals surface area contributed by atoms with Crippen molar-refractivity contribution < 1.29 is 14.3 Å². The SMILES string of the molecule is CN(C)Cc1nc(C(=O)N2CCNC[C@H]2C(=O)N2CCOCC2)cs1. The van der Waals surface area contributed by atoms with Gasteiger partial charge in [-0.3, -0.25) is 9.59 Å². The molecule has 2 aliphatic rings. The second-order valence-electron chi connectivity index (χ2n) is 6.52. The Balaban J connectivity index is 1.72.